The topological polar surface area (TPSA) is 33.7 Å². The summed E-state index contributed by atoms with van der Waals surface area (Å²) in [4.78, 5) is 2.21. The molecule has 18 heavy (non-hydrogen) atoms. The normalized spacial score (nSPS) is 18.2. The van der Waals surface area contributed by atoms with Crippen molar-refractivity contribution < 1.29 is 9.47 Å². The maximum absolute atomic E-state index is 5.45. The van der Waals surface area contributed by atoms with Crippen LogP contribution in [0.25, 0.3) is 0 Å². The van der Waals surface area contributed by atoms with Gasteiger partial charge >= 0.3 is 0 Å². The van der Waals surface area contributed by atoms with E-state index < -0.39 is 0 Å². The van der Waals surface area contributed by atoms with Gasteiger partial charge in [-0.15, -0.1) is 0 Å². The van der Waals surface area contributed by atoms with Crippen LogP contribution in [-0.4, -0.2) is 45.8 Å². The summed E-state index contributed by atoms with van der Waals surface area (Å²) in [5.41, 5.74) is 2.40. The SMILES string of the molecule is COc1cc2c(c(OC)c1)NC(CN(C)C)CC2. The number of ether oxygens (including phenoxy) is 2. The number of fused-ring (bicyclic) bond motifs is 1. The summed E-state index contributed by atoms with van der Waals surface area (Å²) in [7, 11) is 7.59. The van der Waals surface area contributed by atoms with E-state index in [0.29, 0.717) is 6.04 Å². The molecule has 0 spiro atoms. The van der Waals surface area contributed by atoms with E-state index in [-0.39, 0.29) is 0 Å². The van der Waals surface area contributed by atoms with E-state index in [4.69, 9.17) is 9.47 Å². The van der Waals surface area contributed by atoms with Gasteiger partial charge in [-0.1, -0.05) is 0 Å². The minimum absolute atomic E-state index is 0.481. The monoisotopic (exact) mass is 250 g/mol. The minimum Gasteiger partial charge on any atom is -0.497 e. The first-order valence-electron chi connectivity index (χ1n) is 6.30. The van der Waals surface area contributed by atoms with E-state index in [0.717, 1.165) is 36.6 Å². The second-order valence-corrected chi connectivity index (χ2v) is 5.01. The smallest absolute Gasteiger partial charge is 0.145 e. The molecule has 1 aliphatic rings. The largest absolute Gasteiger partial charge is 0.497 e. The summed E-state index contributed by atoms with van der Waals surface area (Å²) in [6, 6.07) is 4.51. The molecular formula is C14H22N2O2. The van der Waals surface area contributed by atoms with Crippen LogP contribution in [0.4, 0.5) is 5.69 Å². The molecule has 1 N–H and O–H groups in total. The summed E-state index contributed by atoms with van der Waals surface area (Å²) < 4.78 is 10.8. The lowest BCUT2D eigenvalue weighted by Gasteiger charge is -2.30. The zero-order valence-electron chi connectivity index (χ0n) is 11.6. The van der Waals surface area contributed by atoms with Gasteiger partial charge in [0, 0.05) is 18.7 Å². The highest BCUT2D eigenvalue weighted by atomic mass is 16.5. The van der Waals surface area contributed by atoms with Crippen molar-refractivity contribution >= 4 is 5.69 Å². The molecule has 0 saturated carbocycles. The van der Waals surface area contributed by atoms with Crippen LogP contribution < -0.4 is 14.8 Å². The number of rotatable bonds is 4. The number of methoxy groups -OCH3 is 2. The van der Waals surface area contributed by atoms with Gasteiger partial charge in [0.15, 0.2) is 0 Å². The van der Waals surface area contributed by atoms with Crippen LogP contribution >= 0.6 is 0 Å². The molecule has 1 aliphatic heterocycles. The van der Waals surface area contributed by atoms with Crippen LogP contribution in [0.2, 0.25) is 0 Å². The fourth-order valence-corrected chi connectivity index (χ4v) is 2.47. The van der Waals surface area contributed by atoms with Crippen LogP contribution in [0.1, 0.15) is 12.0 Å². The Kier molecular flexibility index (Phi) is 3.97. The predicted octanol–water partition coefficient (Wildman–Crippen LogP) is 1.99. The Morgan fingerprint density at radius 3 is 2.67 bits per heavy atom. The molecular weight excluding hydrogens is 228 g/mol. The molecule has 0 aliphatic carbocycles. The van der Waals surface area contributed by atoms with Crippen molar-refractivity contribution in [2.24, 2.45) is 0 Å². The zero-order chi connectivity index (χ0) is 13.1. The van der Waals surface area contributed by atoms with E-state index in [9.17, 15) is 0 Å². The molecule has 2 rings (SSSR count). The second-order valence-electron chi connectivity index (χ2n) is 5.01. The van der Waals surface area contributed by atoms with Crippen molar-refractivity contribution in [3.05, 3.63) is 17.7 Å². The van der Waals surface area contributed by atoms with Crippen LogP contribution in [0, 0.1) is 0 Å². The van der Waals surface area contributed by atoms with Gasteiger partial charge < -0.3 is 19.7 Å². The molecule has 0 amide bonds. The van der Waals surface area contributed by atoms with E-state index in [2.05, 4.69) is 30.4 Å². The summed E-state index contributed by atoms with van der Waals surface area (Å²) in [6.07, 6.45) is 2.20. The Labute approximate surface area is 109 Å². The average molecular weight is 250 g/mol. The zero-order valence-corrected chi connectivity index (χ0v) is 11.6. The molecule has 100 valence electrons. The molecule has 1 heterocycles. The number of likely N-dealkylation sites (N-methyl/N-ethyl adjacent to an activating group) is 1. The van der Waals surface area contributed by atoms with Crippen LogP contribution in [0.15, 0.2) is 12.1 Å². The Morgan fingerprint density at radius 2 is 2.06 bits per heavy atom. The molecule has 1 unspecified atom stereocenters. The third-order valence-corrected chi connectivity index (χ3v) is 3.31. The lowest BCUT2D eigenvalue weighted by Crippen LogP contribution is -2.35. The lowest BCUT2D eigenvalue weighted by atomic mass is 9.97. The molecule has 1 aromatic rings. The molecule has 0 aromatic heterocycles. The minimum atomic E-state index is 0.481. The van der Waals surface area contributed by atoms with Gasteiger partial charge in [-0.2, -0.15) is 0 Å². The van der Waals surface area contributed by atoms with Crippen LogP contribution in [-0.2, 0) is 6.42 Å². The number of benzene rings is 1. The van der Waals surface area contributed by atoms with Gasteiger partial charge in [0.25, 0.3) is 0 Å². The Morgan fingerprint density at radius 1 is 1.28 bits per heavy atom. The summed E-state index contributed by atoms with van der Waals surface area (Å²) in [6.45, 7) is 1.04. The summed E-state index contributed by atoms with van der Waals surface area (Å²) >= 11 is 0. The Bertz CT molecular complexity index is 401. The van der Waals surface area contributed by atoms with Gasteiger partial charge in [-0.25, -0.2) is 0 Å². The molecule has 1 atom stereocenters. The first-order valence-corrected chi connectivity index (χ1v) is 6.30. The molecule has 1 aromatic carbocycles. The first-order chi connectivity index (χ1) is 8.63. The number of hydrogen-bond donors (Lipinski definition) is 1. The maximum atomic E-state index is 5.45. The van der Waals surface area contributed by atoms with Crippen molar-refractivity contribution in [1.29, 1.82) is 0 Å². The summed E-state index contributed by atoms with van der Waals surface area (Å²) in [5.74, 6) is 1.73. The van der Waals surface area contributed by atoms with Gasteiger partial charge in [0.05, 0.1) is 19.9 Å². The van der Waals surface area contributed by atoms with Crippen molar-refractivity contribution in [2.45, 2.75) is 18.9 Å². The third-order valence-electron chi connectivity index (χ3n) is 3.31. The van der Waals surface area contributed by atoms with Crippen molar-refractivity contribution in [3.8, 4) is 11.5 Å². The molecule has 4 nitrogen and oxygen atoms in total. The fraction of sp³-hybridized carbons (Fsp3) is 0.571. The van der Waals surface area contributed by atoms with Gasteiger partial charge in [-0.05, 0) is 38.6 Å². The van der Waals surface area contributed by atoms with Crippen molar-refractivity contribution in [3.63, 3.8) is 0 Å². The summed E-state index contributed by atoms with van der Waals surface area (Å²) in [5, 5.41) is 3.58. The standard InChI is InChI=1S/C14H22N2O2/c1-16(2)9-11-6-5-10-7-12(17-3)8-13(18-4)14(10)15-11/h7-8,11,15H,5-6,9H2,1-4H3. The lowest BCUT2D eigenvalue weighted by molar-refractivity contribution is 0.366. The van der Waals surface area contributed by atoms with Gasteiger partial charge in [0.2, 0.25) is 0 Å². The Balaban J connectivity index is 2.25. The number of aryl methyl sites for hydroxylation is 1. The molecule has 0 bridgehead atoms. The third kappa shape index (κ3) is 2.70. The highest BCUT2D eigenvalue weighted by Gasteiger charge is 2.22. The van der Waals surface area contributed by atoms with Crippen molar-refractivity contribution in [2.75, 3.05) is 40.2 Å². The van der Waals surface area contributed by atoms with Gasteiger partial charge in [-0.3, -0.25) is 0 Å². The number of nitrogens with one attached hydrogen (secondary N) is 1. The predicted molar refractivity (Wildman–Crippen MR) is 73.8 cm³/mol. The molecule has 4 heteroatoms. The highest BCUT2D eigenvalue weighted by Crippen LogP contribution is 2.37. The van der Waals surface area contributed by atoms with Crippen LogP contribution in [0.3, 0.4) is 0 Å². The number of hydrogen-bond acceptors (Lipinski definition) is 4. The fourth-order valence-electron chi connectivity index (χ4n) is 2.47. The quantitative estimate of drug-likeness (QED) is 0.886. The van der Waals surface area contributed by atoms with E-state index in [1.807, 2.05) is 6.07 Å². The number of anilines is 1. The molecule has 0 radical (unpaired) electrons. The first kappa shape index (κ1) is 13.0. The van der Waals surface area contributed by atoms with E-state index >= 15 is 0 Å². The average Bonchev–Trinajstić information content (AvgIpc) is 2.36. The van der Waals surface area contributed by atoms with E-state index in [1.165, 1.54) is 5.56 Å². The molecule has 0 fully saturated rings. The van der Waals surface area contributed by atoms with E-state index in [1.54, 1.807) is 14.2 Å². The maximum Gasteiger partial charge on any atom is 0.145 e. The highest BCUT2D eigenvalue weighted by molar-refractivity contribution is 5.66. The van der Waals surface area contributed by atoms with Crippen molar-refractivity contribution in [1.82, 2.24) is 4.90 Å². The second kappa shape index (κ2) is 5.48. The van der Waals surface area contributed by atoms with Crippen LogP contribution in [0.5, 0.6) is 11.5 Å². The Hall–Kier alpha value is -1.42. The van der Waals surface area contributed by atoms with Gasteiger partial charge in [0.1, 0.15) is 11.5 Å². The molecule has 0 saturated heterocycles. The number of nitrogens with zero attached hydrogens (tertiary/aromatic N) is 1.